The topological polar surface area (TPSA) is 12.0 Å². The molecule has 0 aliphatic rings. The van der Waals surface area contributed by atoms with Gasteiger partial charge >= 0.3 is 0 Å². The zero-order valence-corrected chi connectivity index (χ0v) is 15.0. The molecule has 0 saturated heterocycles. The van der Waals surface area contributed by atoms with Crippen LogP contribution in [0.25, 0.3) is 0 Å². The molecule has 0 radical (unpaired) electrons. The van der Waals surface area contributed by atoms with Crippen molar-refractivity contribution in [2.75, 3.05) is 0 Å². The summed E-state index contributed by atoms with van der Waals surface area (Å²) in [6, 6.07) is 17.4. The van der Waals surface area contributed by atoms with Gasteiger partial charge in [-0.2, -0.15) is 0 Å². The van der Waals surface area contributed by atoms with Gasteiger partial charge in [-0.25, -0.2) is 0 Å². The first kappa shape index (κ1) is 16.3. The maximum atomic E-state index is 5.92. The summed E-state index contributed by atoms with van der Waals surface area (Å²) in [5, 5.41) is 5.86. The fourth-order valence-corrected chi connectivity index (χ4v) is 3.56. The summed E-state index contributed by atoms with van der Waals surface area (Å²) in [7, 11) is -1.19. The zero-order valence-electron chi connectivity index (χ0n) is 13.3. The fraction of sp³-hybridized carbons (Fsp3) is 0.333. The van der Waals surface area contributed by atoms with E-state index in [0.717, 1.165) is 11.6 Å². The minimum atomic E-state index is -1.19. The van der Waals surface area contributed by atoms with E-state index in [2.05, 4.69) is 68.3 Å². The summed E-state index contributed by atoms with van der Waals surface area (Å²) >= 11 is 5.92. The fourth-order valence-electron chi connectivity index (χ4n) is 2.26. The molecule has 112 valence electrons. The van der Waals surface area contributed by atoms with Crippen molar-refractivity contribution in [3.05, 3.63) is 64.7 Å². The van der Waals surface area contributed by atoms with Crippen LogP contribution in [0, 0.1) is 0 Å². The summed E-state index contributed by atoms with van der Waals surface area (Å²) in [5.74, 6) is 0. The van der Waals surface area contributed by atoms with E-state index in [0.29, 0.717) is 6.04 Å². The van der Waals surface area contributed by atoms with E-state index in [4.69, 9.17) is 11.6 Å². The van der Waals surface area contributed by atoms with Gasteiger partial charge in [0.1, 0.15) is 0 Å². The minimum Gasteiger partial charge on any atom is -0.306 e. The highest BCUT2D eigenvalue weighted by Gasteiger charge is 2.15. The van der Waals surface area contributed by atoms with Gasteiger partial charge in [-0.15, -0.1) is 0 Å². The largest absolute Gasteiger partial charge is 0.306 e. The molecule has 2 aromatic rings. The molecular formula is C18H24ClNSi. The average Bonchev–Trinajstić information content (AvgIpc) is 2.45. The molecule has 0 aromatic heterocycles. The summed E-state index contributed by atoms with van der Waals surface area (Å²) in [6.07, 6.45) is 0. The average molecular weight is 318 g/mol. The number of nitrogens with one attached hydrogen (secondary N) is 1. The first-order valence-corrected chi connectivity index (χ1v) is 11.3. The first-order valence-electron chi connectivity index (χ1n) is 7.44. The Hall–Kier alpha value is -1.09. The van der Waals surface area contributed by atoms with Crippen LogP contribution in [-0.4, -0.2) is 8.07 Å². The Labute approximate surface area is 134 Å². The van der Waals surface area contributed by atoms with E-state index >= 15 is 0 Å². The Morgan fingerprint density at radius 3 is 2.05 bits per heavy atom. The van der Waals surface area contributed by atoms with Crippen molar-refractivity contribution in [3.8, 4) is 0 Å². The van der Waals surface area contributed by atoms with Crippen LogP contribution in [-0.2, 0) is 6.54 Å². The highest BCUT2D eigenvalue weighted by atomic mass is 35.5. The predicted molar refractivity (Wildman–Crippen MR) is 96.1 cm³/mol. The lowest BCUT2D eigenvalue weighted by atomic mass is 10.1. The quantitative estimate of drug-likeness (QED) is 0.786. The summed E-state index contributed by atoms with van der Waals surface area (Å²) in [4.78, 5) is 0. The van der Waals surface area contributed by atoms with E-state index in [1.807, 2.05) is 12.1 Å². The third kappa shape index (κ3) is 4.70. The zero-order chi connectivity index (χ0) is 15.5. The number of benzene rings is 2. The third-order valence-corrected chi connectivity index (χ3v) is 6.12. The van der Waals surface area contributed by atoms with E-state index < -0.39 is 8.07 Å². The van der Waals surface area contributed by atoms with Crippen LogP contribution >= 0.6 is 11.6 Å². The standard InChI is InChI=1S/C18H24ClNSi/c1-14(16-7-9-17(19)10-8-16)20-13-15-5-11-18(12-6-15)21(2,3)4/h5-12,14,20H,13H2,1-4H3. The monoisotopic (exact) mass is 317 g/mol. The Bertz CT molecular complexity index is 570. The maximum Gasteiger partial charge on any atom is 0.0775 e. The van der Waals surface area contributed by atoms with Crippen LogP contribution in [0.15, 0.2) is 48.5 Å². The second-order valence-electron chi connectivity index (χ2n) is 6.60. The Morgan fingerprint density at radius 1 is 0.952 bits per heavy atom. The van der Waals surface area contributed by atoms with E-state index in [-0.39, 0.29) is 0 Å². The molecule has 0 fully saturated rings. The Morgan fingerprint density at radius 2 is 1.52 bits per heavy atom. The van der Waals surface area contributed by atoms with Crippen LogP contribution < -0.4 is 10.5 Å². The van der Waals surface area contributed by atoms with Gasteiger partial charge in [0.05, 0.1) is 8.07 Å². The molecule has 1 nitrogen and oxygen atoms in total. The lowest BCUT2D eigenvalue weighted by Gasteiger charge is -2.18. The molecule has 0 bridgehead atoms. The number of hydrogen-bond acceptors (Lipinski definition) is 1. The maximum absolute atomic E-state index is 5.92. The van der Waals surface area contributed by atoms with Crippen molar-refractivity contribution >= 4 is 24.9 Å². The predicted octanol–water partition coefficient (Wildman–Crippen LogP) is 4.74. The second kappa shape index (κ2) is 6.78. The van der Waals surface area contributed by atoms with Crippen LogP contribution in [0.1, 0.15) is 24.1 Å². The van der Waals surface area contributed by atoms with Crippen molar-refractivity contribution in [3.63, 3.8) is 0 Å². The highest BCUT2D eigenvalue weighted by molar-refractivity contribution is 6.88. The van der Waals surface area contributed by atoms with Crippen molar-refractivity contribution in [1.29, 1.82) is 0 Å². The lowest BCUT2D eigenvalue weighted by Crippen LogP contribution is -2.37. The molecule has 1 unspecified atom stereocenters. The summed E-state index contributed by atoms with van der Waals surface area (Å²) < 4.78 is 0. The van der Waals surface area contributed by atoms with Crippen LogP contribution in [0.5, 0.6) is 0 Å². The van der Waals surface area contributed by atoms with Crippen LogP contribution in [0.2, 0.25) is 24.7 Å². The Balaban J connectivity index is 1.95. The van der Waals surface area contributed by atoms with Gasteiger partial charge in [0.25, 0.3) is 0 Å². The molecule has 0 spiro atoms. The third-order valence-electron chi connectivity index (χ3n) is 3.80. The van der Waals surface area contributed by atoms with Gasteiger partial charge in [0.2, 0.25) is 0 Å². The molecule has 0 aliphatic heterocycles. The lowest BCUT2D eigenvalue weighted by molar-refractivity contribution is 0.575. The molecule has 0 aliphatic carbocycles. The molecular weight excluding hydrogens is 294 g/mol. The van der Waals surface area contributed by atoms with Crippen LogP contribution in [0.4, 0.5) is 0 Å². The molecule has 2 aromatic carbocycles. The van der Waals surface area contributed by atoms with E-state index in [1.54, 1.807) is 0 Å². The number of halogens is 1. The van der Waals surface area contributed by atoms with Crippen molar-refractivity contribution in [2.24, 2.45) is 0 Å². The molecule has 1 atom stereocenters. The SMILES string of the molecule is CC(NCc1ccc([Si](C)(C)C)cc1)c1ccc(Cl)cc1. The second-order valence-corrected chi connectivity index (χ2v) is 12.1. The van der Waals surface area contributed by atoms with Crippen molar-refractivity contribution in [2.45, 2.75) is 39.2 Å². The van der Waals surface area contributed by atoms with Crippen molar-refractivity contribution in [1.82, 2.24) is 5.32 Å². The van der Waals surface area contributed by atoms with Gasteiger partial charge in [0, 0.05) is 17.6 Å². The molecule has 0 amide bonds. The van der Waals surface area contributed by atoms with E-state index in [1.165, 1.54) is 16.3 Å². The van der Waals surface area contributed by atoms with Crippen LogP contribution in [0.3, 0.4) is 0 Å². The highest BCUT2D eigenvalue weighted by Crippen LogP contribution is 2.16. The van der Waals surface area contributed by atoms with Gasteiger partial charge in [0.15, 0.2) is 0 Å². The smallest absolute Gasteiger partial charge is 0.0775 e. The molecule has 3 heteroatoms. The van der Waals surface area contributed by atoms with Gasteiger partial charge in [-0.3, -0.25) is 0 Å². The van der Waals surface area contributed by atoms with Gasteiger partial charge in [-0.05, 0) is 30.2 Å². The summed E-state index contributed by atoms with van der Waals surface area (Å²) in [6.45, 7) is 10.2. The molecule has 0 saturated carbocycles. The molecule has 0 heterocycles. The summed E-state index contributed by atoms with van der Waals surface area (Å²) in [5.41, 5.74) is 2.59. The number of hydrogen-bond donors (Lipinski definition) is 1. The van der Waals surface area contributed by atoms with Gasteiger partial charge < -0.3 is 5.32 Å². The molecule has 2 rings (SSSR count). The van der Waals surface area contributed by atoms with E-state index in [9.17, 15) is 0 Å². The van der Waals surface area contributed by atoms with Gasteiger partial charge in [-0.1, -0.05) is 72.8 Å². The molecule has 1 N–H and O–H groups in total. The number of rotatable bonds is 5. The molecule has 21 heavy (non-hydrogen) atoms. The first-order chi connectivity index (χ1) is 9.86. The normalized spacial score (nSPS) is 13.2. The minimum absolute atomic E-state index is 0.318. The van der Waals surface area contributed by atoms with Crippen molar-refractivity contribution < 1.29 is 0 Å². The Kier molecular flexibility index (Phi) is 5.25.